The summed E-state index contributed by atoms with van der Waals surface area (Å²) in [6, 6.07) is -0.518. The molecule has 7 nitrogen and oxygen atoms in total. The highest BCUT2D eigenvalue weighted by molar-refractivity contribution is 5.95. The van der Waals surface area contributed by atoms with E-state index in [0.29, 0.717) is 13.2 Å². The second kappa shape index (κ2) is 8.84. The van der Waals surface area contributed by atoms with Crippen LogP contribution in [0.15, 0.2) is 0 Å². The standard InChI is InChI=1S/C11H21N3O4/c1-17-6-7-18-8-13-11(16)14-10(15)9-2-4-12-5-3-9/h9,12H,2-8H2,1H3,(H2,13,14,15,16). The molecule has 1 rings (SSSR count). The van der Waals surface area contributed by atoms with Crippen molar-refractivity contribution in [3.8, 4) is 0 Å². The monoisotopic (exact) mass is 259 g/mol. The van der Waals surface area contributed by atoms with Crippen LogP contribution in [0.4, 0.5) is 4.79 Å². The van der Waals surface area contributed by atoms with Gasteiger partial charge in [0.2, 0.25) is 5.91 Å². The molecule has 0 aromatic rings. The summed E-state index contributed by atoms with van der Waals surface area (Å²) in [7, 11) is 1.57. The molecule has 0 aromatic carbocycles. The highest BCUT2D eigenvalue weighted by Crippen LogP contribution is 2.10. The average Bonchev–Trinajstić information content (AvgIpc) is 2.39. The molecule has 1 aliphatic heterocycles. The van der Waals surface area contributed by atoms with Crippen LogP contribution < -0.4 is 16.0 Å². The fourth-order valence-corrected chi connectivity index (χ4v) is 1.67. The summed E-state index contributed by atoms with van der Waals surface area (Å²) in [5.74, 6) is -0.294. The summed E-state index contributed by atoms with van der Waals surface area (Å²) in [4.78, 5) is 23.0. The Balaban J connectivity index is 2.09. The number of urea groups is 1. The first-order valence-electron chi connectivity index (χ1n) is 6.10. The SMILES string of the molecule is COCCOCNC(=O)NC(=O)C1CCNCC1. The molecule has 3 amide bonds. The number of ether oxygens (including phenoxy) is 2. The van der Waals surface area contributed by atoms with E-state index in [-0.39, 0.29) is 18.6 Å². The molecular formula is C11H21N3O4. The molecule has 0 atom stereocenters. The van der Waals surface area contributed by atoms with E-state index in [4.69, 9.17) is 9.47 Å². The number of nitrogens with one attached hydrogen (secondary N) is 3. The van der Waals surface area contributed by atoms with E-state index < -0.39 is 6.03 Å². The lowest BCUT2D eigenvalue weighted by molar-refractivity contribution is -0.124. The fraction of sp³-hybridized carbons (Fsp3) is 0.818. The molecule has 0 bridgehead atoms. The van der Waals surface area contributed by atoms with Crippen molar-refractivity contribution in [2.75, 3.05) is 40.1 Å². The van der Waals surface area contributed by atoms with E-state index in [1.54, 1.807) is 7.11 Å². The molecule has 3 N–H and O–H groups in total. The van der Waals surface area contributed by atoms with Crippen LogP contribution in [0.3, 0.4) is 0 Å². The first kappa shape index (κ1) is 14.9. The third-order valence-corrected chi connectivity index (χ3v) is 2.71. The van der Waals surface area contributed by atoms with Crippen molar-refractivity contribution < 1.29 is 19.1 Å². The molecule has 0 unspecified atom stereocenters. The third kappa shape index (κ3) is 5.95. The predicted octanol–water partition coefficient (Wildman–Crippen LogP) is -0.568. The highest BCUT2D eigenvalue weighted by Gasteiger charge is 2.22. The second-order valence-corrected chi connectivity index (χ2v) is 4.06. The van der Waals surface area contributed by atoms with E-state index in [0.717, 1.165) is 25.9 Å². The number of hydrogen-bond donors (Lipinski definition) is 3. The molecule has 0 saturated carbocycles. The highest BCUT2D eigenvalue weighted by atomic mass is 16.5. The van der Waals surface area contributed by atoms with Gasteiger partial charge in [-0.15, -0.1) is 0 Å². The molecule has 0 radical (unpaired) electrons. The van der Waals surface area contributed by atoms with Gasteiger partial charge in [-0.2, -0.15) is 0 Å². The zero-order chi connectivity index (χ0) is 13.2. The van der Waals surface area contributed by atoms with E-state index in [9.17, 15) is 9.59 Å². The van der Waals surface area contributed by atoms with Crippen LogP contribution >= 0.6 is 0 Å². The summed E-state index contributed by atoms with van der Waals surface area (Å²) >= 11 is 0. The number of imide groups is 1. The number of hydrogen-bond acceptors (Lipinski definition) is 5. The van der Waals surface area contributed by atoms with Crippen molar-refractivity contribution >= 4 is 11.9 Å². The maximum atomic E-state index is 11.7. The van der Waals surface area contributed by atoms with Crippen LogP contribution in [-0.4, -0.2) is 52.1 Å². The zero-order valence-corrected chi connectivity index (χ0v) is 10.7. The maximum absolute atomic E-state index is 11.7. The van der Waals surface area contributed by atoms with Crippen molar-refractivity contribution in [3.63, 3.8) is 0 Å². The van der Waals surface area contributed by atoms with Crippen LogP contribution in [0.25, 0.3) is 0 Å². The molecule has 1 saturated heterocycles. The largest absolute Gasteiger partial charge is 0.382 e. The summed E-state index contributed by atoms with van der Waals surface area (Å²) in [6.07, 6.45) is 1.53. The number of rotatable bonds is 6. The molecule has 0 spiro atoms. The van der Waals surface area contributed by atoms with Crippen molar-refractivity contribution in [2.24, 2.45) is 5.92 Å². The number of piperidine rings is 1. The van der Waals surface area contributed by atoms with E-state index in [1.807, 2.05) is 0 Å². The minimum Gasteiger partial charge on any atom is -0.382 e. The van der Waals surface area contributed by atoms with Gasteiger partial charge in [0.05, 0.1) is 13.2 Å². The number of carbonyl (C=O) groups excluding carboxylic acids is 2. The first-order valence-corrected chi connectivity index (χ1v) is 6.10. The predicted molar refractivity (Wildman–Crippen MR) is 65.0 cm³/mol. The van der Waals surface area contributed by atoms with Gasteiger partial charge in [-0.3, -0.25) is 10.1 Å². The van der Waals surface area contributed by atoms with Gasteiger partial charge in [-0.1, -0.05) is 0 Å². The smallest absolute Gasteiger partial charge is 0.323 e. The Hall–Kier alpha value is -1.18. The van der Waals surface area contributed by atoms with Gasteiger partial charge in [0.25, 0.3) is 0 Å². The third-order valence-electron chi connectivity index (χ3n) is 2.71. The minimum atomic E-state index is -0.518. The minimum absolute atomic E-state index is 0.0642. The van der Waals surface area contributed by atoms with Gasteiger partial charge in [-0.25, -0.2) is 4.79 Å². The number of methoxy groups -OCH3 is 1. The van der Waals surface area contributed by atoms with E-state index >= 15 is 0 Å². The van der Waals surface area contributed by atoms with Crippen molar-refractivity contribution in [1.82, 2.24) is 16.0 Å². The molecule has 1 fully saturated rings. The van der Waals surface area contributed by atoms with E-state index in [2.05, 4.69) is 16.0 Å². The zero-order valence-electron chi connectivity index (χ0n) is 10.7. The molecule has 7 heteroatoms. The fourth-order valence-electron chi connectivity index (χ4n) is 1.67. The summed E-state index contributed by atoms with van der Waals surface area (Å²) < 4.78 is 9.83. The topological polar surface area (TPSA) is 88.7 Å². The molecule has 1 heterocycles. The Morgan fingerprint density at radius 1 is 1.28 bits per heavy atom. The molecule has 1 aliphatic rings. The summed E-state index contributed by atoms with van der Waals surface area (Å²) in [5, 5.41) is 7.92. The quantitative estimate of drug-likeness (QED) is 0.439. The van der Waals surface area contributed by atoms with Crippen LogP contribution in [0.5, 0.6) is 0 Å². The summed E-state index contributed by atoms with van der Waals surface area (Å²) in [5.41, 5.74) is 0. The number of amides is 3. The lowest BCUT2D eigenvalue weighted by Gasteiger charge is -2.21. The molecule has 0 aliphatic carbocycles. The van der Waals surface area contributed by atoms with Gasteiger partial charge < -0.3 is 20.1 Å². The van der Waals surface area contributed by atoms with Gasteiger partial charge >= 0.3 is 6.03 Å². The van der Waals surface area contributed by atoms with Crippen molar-refractivity contribution in [2.45, 2.75) is 12.8 Å². The van der Waals surface area contributed by atoms with Crippen LogP contribution in [0.1, 0.15) is 12.8 Å². The van der Waals surface area contributed by atoms with Crippen molar-refractivity contribution in [3.05, 3.63) is 0 Å². The summed E-state index contributed by atoms with van der Waals surface area (Å²) in [6.45, 7) is 2.57. The Bertz CT molecular complexity index is 267. The van der Waals surface area contributed by atoms with Gasteiger partial charge in [0, 0.05) is 13.0 Å². The van der Waals surface area contributed by atoms with Crippen LogP contribution in [0, 0.1) is 5.92 Å². The van der Waals surface area contributed by atoms with Crippen molar-refractivity contribution in [1.29, 1.82) is 0 Å². The first-order chi connectivity index (χ1) is 8.74. The molecule has 104 valence electrons. The van der Waals surface area contributed by atoms with Gasteiger partial charge in [0.1, 0.15) is 6.73 Å². The van der Waals surface area contributed by atoms with Gasteiger partial charge in [-0.05, 0) is 25.9 Å². The molecule has 18 heavy (non-hydrogen) atoms. The normalized spacial score (nSPS) is 16.3. The Morgan fingerprint density at radius 2 is 2.00 bits per heavy atom. The second-order valence-electron chi connectivity index (χ2n) is 4.06. The van der Waals surface area contributed by atoms with Crippen LogP contribution in [0.2, 0.25) is 0 Å². The average molecular weight is 259 g/mol. The molecular weight excluding hydrogens is 238 g/mol. The van der Waals surface area contributed by atoms with Gasteiger partial charge in [0.15, 0.2) is 0 Å². The number of carbonyl (C=O) groups is 2. The Labute approximate surface area is 107 Å². The maximum Gasteiger partial charge on any atom is 0.323 e. The lowest BCUT2D eigenvalue weighted by Crippen LogP contribution is -2.45. The Morgan fingerprint density at radius 3 is 2.67 bits per heavy atom. The lowest BCUT2D eigenvalue weighted by atomic mass is 9.97. The molecule has 0 aromatic heterocycles. The van der Waals surface area contributed by atoms with E-state index in [1.165, 1.54) is 0 Å². The van der Waals surface area contributed by atoms with Crippen LogP contribution in [-0.2, 0) is 14.3 Å². The Kier molecular flexibility index (Phi) is 7.31.